The van der Waals surface area contributed by atoms with E-state index in [9.17, 15) is 26.3 Å². The minimum atomic E-state index is -5.01. The van der Waals surface area contributed by atoms with Crippen LogP contribution in [0.5, 0.6) is 0 Å². The van der Waals surface area contributed by atoms with E-state index in [0.29, 0.717) is 6.07 Å². The molecule has 0 aliphatic carbocycles. The van der Waals surface area contributed by atoms with Crippen molar-refractivity contribution in [2.45, 2.75) is 12.4 Å². The van der Waals surface area contributed by atoms with Crippen molar-refractivity contribution < 1.29 is 26.3 Å². The van der Waals surface area contributed by atoms with Crippen LogP contribution in [0.1, 0.15) is 16.7 Å². The van der Waals surface area contributed by atoms with Crippen molar-refractivity contribution in [3.63, 3.8) is 0 Å². The van der Waals surface area contributed by atoms with Crippen LogP contribution in [0.3, 0.4) is 0 Å². The van der Waals surface area contributed by atoms with E-state index >= 15 is 0 Å². The second-order valence-electron chi connectivity index (χ2n) is 2.98. The zero-order chi connectivity index (χ0) is 13.4. The van der Waals surface area contributed by atoms with Gasteiger partial charge >= 0.3 is 12.4 Å². The highest BCUT2D eigenvalue weighted by atomic mass is 79.9. The Balaban J connectivity index is 3.57. The summed E-state index contributed by atoms with van der Waals surface area (Å²) >= 11 is 2.49. The topological polar surface area (TPSA) is 23.8 Å². The van der Waals surface area contributed by atoms with Crippen molar-refractivity contribution in [2.24, 2.45) is 0 Å². The monoisotopic (exact) mass is 317 g/mol. The molecule has 1 rings (SSSR count). The molecule has 0 radical (unpaired) electrons. The maximum absolute atomic E-state index is 12.4. The molecular weight excluding hydrogens is 316 g/mol. The first-order chi connectivity index (χ1) is 7.57. The highest BCUT2D eigenvalue weighted by molar-refractivity contribution is 9.10. The van der Waals surface area contributed by atoms with Gasteiger partial charge < -0.3 is 0 Å². The maximum atomic E-state index is 12.4. The molecule has 0 amide bonds. The molecule has 0 fully saturated rings. The first-order valence-electron chi connectivity index (χ1n) is 3.95. The summed E-state index contributed by atoms with van der Waals surface area (Å²) in [6, 6.07) is 1.63. The molecule has 0 spiro atoms. The van der Waals surface area contributed by atoms with Gasteiger partial charge in [0.25, 0.3) is 0 Å². The third-order valence-corrected chi connectivity index (χ3v) is 2.49. The Labute approximate surface area is 99.8 Å². The lowest BCUT2D eigenvalue weighted by atomic mass is 10.0. The van der Waals surface area contributed by atoms with E-state index in [1.165, 1.54) is 6.07 Å². The molecule has 0 bridgehead atoms. The van der Waals surface area contributed by atoms with E-state index in [-0.39, 0.29) is 6.07 Å². The molecule has 1 aromatic carbocycles. The molecule has 0 atom stereocenters. The van der Waals surface area contributed by atoms with Crippen molar-refractivity contribution in [1.29, 1.82) is 5.26 Å². The minimum absolute atomic E-state index is 0.0807. The smallest absolute Gasteiger partial charge is 0.192 e. The number of nitrogens with zero attached hydrogens (tertiary/aromatic N) is 1. The summed E-state index contributed by atoms with van der Waals surface area (Å²) in [5.41, 5.74) is -3.93. The van der Waals surface area contributed by atoms with Crippen LogP contribution in [0.15, 0.2) is 16.6 Å². The number of rotatable bonds is 0. The van der Waals surface area contributed by atoms with E-state index in [4.69, 9.17) is 5.26 Å². The number of hydrogen-bond donors (Lipinski definition) is 0. The Hall–Kier alpha value is -1.23. The van der Waals surface area contributed by atoms with Crippen LogP contribution in [0.25, 0.3) is 0 Å². The van der Waals surface area contributed by atoms with Gasteiger partial charge in [-0.15, -0.1) is 0 Å². The third kappa shape index (κ3) is 2.91. The molecule has 0 saturated heterocycles. The fourth-order valence-corrected chi connectivity index (χ4v) is 1.69. The average Bonchev–Trinajstić information content (AvgIpc) is 2.13. The number of halogens is 7. The molecule has 8 heteroatoms. The highest BCUT2D eigenvalue weighted by Gasteiger charge is 2.39. The lowest BCUT2D eigenvalue weighted by molar-refractivity contribution is -0.143. The van der Waals surface area contributed by atoms with E-state index in [0.717, 1.165) is 0 Å². The fourth-order valence-electron chi connectivity index (χ4n) is 1.12. The molecule has 1 nitrogen and oxygen atoms in total. The van der Waals surface area contributed by atoms with Gasteiger partial charge in [-0.25, -0.2) is 0 Å². The molecule has 17 heavy (non-hydrogen) atoms. The molecule has 0 aromatic heterocycles. The van der Waals surface area contributed by atoms with E-state index in [2.05, 4.69) is 15.9 Å². The molecule has 0 heterocycles. The van der Waals surface area contributed by atoms with Crippen LogP contribution in [0.4, 0.5) is 26.3 Å². The maximum Gasteiger partial charge on any atom is 0.417 e. The van der Waals surface area contributed by atoms with Crippen LogP contribution < -0.4 is 0 Å². The SMILES string of the molecule is N#Cc1cc(Br)c(C(F)(F)F)cc1C(F)(F)F. The van der Waals surface area contributed by atoms with Gasteiger partial charge in [-0.05, 0) is 12.1 Å². The van der Waals surface area contributed by atoms with Crippen LogP contribution in [-0.4, -0.2) is 0 Å². The second kappa shape index (κ2) is 4.22. The molecule has 92 valence electrons. The summed E-state index contributed by atoms with van der Waals surface area (Å²) < 4.78 is 73.7. The minimum Gasteiger partial charge on any atom is -0.192 e. The van der Waals surface area contributed by atoms with Gasteiger partial charge in [-0.2, -0.15) is 31.6 Å². The summed E-state index contributed by atoms with van der Waals surface area (Å²) in [5, 5.41) is 8.45. The van der Waals surface area contributed by atoms with Gasteiger partial charge in [0.05, 0.1) is 22.8 Å². The van der Waals surface area contributed by atoms with Gasteiger partial charge in [-0.1, -0.05) is 15.9 Å². The van der Waals surface area contributed by atoms with Crippen molar-refractivity contribution in [1.82, 2.24) is 0 Å². The molecule has 0 saturated carbocycles. The Morgan fingerprint density at radius 3 is 1.76 bits per heavy atom. The largest absolute Gasteiger partial charge is 0.417 e. The predicted octanol–water partition coefficient (Wildman–Crippen LogP) is 4.36. The number of hydrogen-bond acceptors (Lipinski definition) is 1. The van der Waals surface area contributed by atoms with Crippen molar-refractivity contribution in [2.75, 3.05) is 0 Å². The Morgan fingerprint density at radius 2 is 1.41 bits per heavy atom. The van der Waals surface area contributed by atoms with Crippen molar-refractivity contribution in [3.05, 3.63) is 33.3 Å². The first-order valence-corrected chi connectivity index (χ1v) is 4.74. The van der Waals surface area contributed by atoms with Crippen LogP contribution >= 0.6 is 15.9 Å². The lowest BCUT2D eigenvalue weighted by Crippen LogP contribution is -2.13. The van der Waals surface area contributed by atoms with E-state index < -0.39 is 33.5 Å². The Morgan fingerprint density at radius 1 is 0.941 bits per heavy atom. The molecule has 0 aliphatic rings. The molecule has 1 aromatic rings. The zero-order valence-electron chi connectivity index (χ0n) is 7.75. The van der Waals surface area contributed by atoms with Crippen molar-refractivity contribution in [3.8, 4) is 6.07 Å². The summed E-state index contributed by atoms with van der Waals surface area (Å²) in [4.78, 5) is 0. The third-order valence-electron chi connectivity index (χ3n) is 1.84. The predicted molar refractivity (Wildman–Crippen MR) is 48.9 cm³/mol. The van der Waals surface area contributed by atoms with Crippen LogP contribution in [0.2, 0.25) is 0 Å². The summed E-state index contributed by atoms with van der Waals surface area (Å²) in [6.07, 6.45) is -9.93. The van der Waals surface area contributed by atoms with Crippen LogP contribution in [0, 0.1) is 11.3 Å². The zero-order valence-corrected chi connectivity index (χ0v) is 9.33. The normalized spacial score (nSPS) is 12.4. The number of benzene rings is 1. The molecule has 0 N–H and O–H groups in total. The summed E-state index contributed by atoms with van der Waals surface area (Å²) in [6.45, 7) is 0. The summed E-state index contributed by atoms with van der Waals surface area (Å²) in [5.74, 6) is 0. The number of alkyl halides is 6. The molecular formula is C9H2BrF6N. The average molecular weight is 318 g/mol. The Kier molecular flexibility index (Phi) is 3.43. The molecule has 0 unspecified atom stereocenters. The van der Waals surface area contributed by atoms with Crippen molar-refractivity contribution >= 4 is 15.9 Å². The van der Waals surface area contributed by atoms with Gasteiger partial charge in [0.15, 0.2) is 0 Å². The van der Waals surface area contributed by atoms with Crippen LogP contribution in [-0.2, 0) is 12.4 Å². The number of nitriles is 1. The molecule has 0 aliphatic heterocycles. The standard InChI is InChI=1S/C9H2BrF6N/c10-7-1-4(3-17)5(8(11,12)13)2-6(7)9(14,15)16/h1-2H. The van der Waals surface area contributed by atoms with Gasteiger partial charge in [0.1, 0.15) is 0 Å². The van der Waals surface area contributed by atoms with Gasteiger partial charge in [0.2, 0.25) is 0 Å². The first kappa shape index (κ1) is 13.8. The quantitative estimate of drug-likeness (QED) is 0.652. The van der Waals surface area contributed by atoms with E-state index in [1.54, 1.807) is 0 Å². The Bertz CT molecular complexity index is 482. The highest BCUT2D eigenvalue weighted by Crippen LogP contribution is 2.40. The summed E-state index contributed by atoms with van der Waals surface area (Å²) in [7, 11) is 0. The van der Waals surface area contributed by atoms with Gasteiger partial charge in [0, 0.05) is 4.47 Å². The lowest BCUT2D eigenvalue weighted by Gasteiger charge is -2.14. The second-order valence-corrected chi connectivity index (χ2v) is 3.84. The van der Waals surface area contributed by atoms with Gasteiger partial charge in [-0.3, -0.25) is 0 Å². The van der Waals surface area contributed by atoms with E-state index in [1.807, 2.05) is 0 Å². The fraction of sp³-hybridized carbons (Fsp3) is 0.222.